The number of aromatic nitrogens is 4. The molecule has 132 valence electrons. The van der Waals surface area contributed by atoms with Crippen molar-refractivity contribution in [3.05, 3.63) is 71.4 Å². The van der Waals surface area contributed by atoms with Crippen LogP contribution < -0.4 is 0 Å². The average Bonchev–Trinajstić information content (AvgIpc) is 3.41. The fraction of sp³-hybridized carbons (Fsp3) is 0.0526. The molecule has 3 heterocycles. The summed E-state index contributed by atoms with van der Waals surface area (Å²) in [6.45, 7) is 0.00697. The van der Waals surface area contributed by atoms with E-state index in [1.807, 2.05) is 48.5 Å². The third-order valence-electron chi connectivity index (χ3n) is 4.12. The Labute approximate surface area is 161 Å². The number of ether oxygens (including phenoxy) is 1. The molecular formula is C19H12N4O2S2. The van der Waals surface area contributed by atoms with Crippen molar-refractivity contribution in [2.45, 2.75) is 6.61 Å². The predicted octanol–water partition coefficient (Wildman–Crippen LogP) is 4.45. The molecule has 0 fully saturated rings. The summed E-state index contributed by atoms with van der Waals surface area (Å²) in [6.07, 6.45) is 0. The van der Waals surface area contributed by atoms with Gasteiger partial charge in [-0.05, 0) is 34.7 Å². The lowest BCUT2D eigenvalue weighted by Gasteiger charge is -2.05. The van der Waals surface area contributed by atoms with Crippen LogP contribution in [-0.4, -0.2) is 26.2 Å². The summed E-state index contributed by atoms with van der Waals surface area (Å²) in [5.41, 5.74) is 0.816. The number of hydrogen-bond acceptors (Lipinski definition) is 7. The van der Waals surface area contributed by atoms with Gasteiger partial charge in [-0.2, -0.15) is 4.68 Å². The topological polar surface area (TPSA) is 69.9 Å². The molecule has 0 saturated heterocycles. The van der Waals surface area contributed by atoms with Gasteiger partial charge in [0, 0.05) is 14.8 Å². The Morgan fingerprint density at radius 3 is 2.70 bits per heavy atom. The lowest BCUT2D eigenvalue weighted by molar-refractivity contribution is 0.0465. The Morgan fingerprint density at radius 1 is 1.00 bits per heavy atom. The van der Waals surface area contributed by atoms with Gasteiger partial charge in [0.15, 0.2) is 12.4 Å². The zero-order chi connectivity index (χ0) is 18.2. The number of thiophene rings is 2. The molecule has 5 rings (SSSR count). The molecule has 0 aliphatic heterocycles. The zero-order valence-electron chi connectivity index (χ0n) is 13.9. The quantitative estimate of drug-likeness (QED) is 0.423. The molecule has 0 spiro atoms. The van der Waals surface area contributed by atoms with Crippen LogP contribution in [0.2, 0.25) is 0 Å². The number of para-hydroxylation sites is 1. The fourth-order valence-electron chi connectivity index (χ4n) is 2.87. The van der Waals surface area contributed by atoms with Crippen LogP contribution in [0.3, 0.4) is 0 Å². The molecule has 3 aromatic heterocycles. The number of tetrazole rings is 1. The molecule has 8 heteroatoms. The number of esters is 1. The Balaban J connectivity index is 1.37. The highest BCUT2D eigenvalue weighted by atomic mass is 32.1. The lowest BCUT2D eigenvalue weighted by Crippen LogP contribution is -2.09. The van der Waals surface area contributed by atoms with Crippen LogP contribution in [-0.2, 0) is 11.3 Å². The average molecular weight is 392 g/mol. The highest BCUT2D eigenvalue weighted by molar-refractivity contribution is 7.33. The second kappa shape index (κ2) is 6.57. The van der Waals surface area contributed by atoms with Crippen LogP contribution in [0, 0.1) is 0 Å². The van der Waals surface area contributed by atoms with E-state index in [1.54, 1.807) is 16.0 Å². The standard InChI is InChI=1S/C19H12N4O2S2/c24-19(16-10-15-18(27-16)13-8-4-5-9-14(13)26-15)25-11-17-20-21-22-23(17)12-6-2-1-3-7-12/h1-10H,11H2. The molecule has 2 aromatic carbocycles. The molecule has 5 aromatic rings. The first-order valence-corrected chi connectivity index (χ1v) is 9.84. The van der Waals surface area contributed by atoms with E-state index in [9.17, 15) is 4.79 Å². The van der Waals surface area contributed by atoms with Crippen LogP contribution in [0.5, 0.6) is 0 Å². The number of fused-ring (bicyclic) bond motifs is 3. The Bertz CT molecular complexity index is 1260. The monoisotopic (exact) mass is 392 g/mol. The molecular weight excluding hydrogens is 380 g/mol. The van der Waals surface area contributed by atoms with E-state index in [2.05, 4.69) is 27.7 Å². The molecule has 0 bridgehead atoms. The van der Waals surface area contributed by atoms with Gasteiger partial charge in [-0.25, -0.2) is 4.79 Å². The van der Waals surface area contributed by atoms with Crippen molar-refractivity contribution in [1.82, 2.24) is 20.2 Å². The lowest BCUT2D eigenvalue weighted by atomic mass is 10.2. The molecule has 0 aliphatic rings. The second-order valence-corrected chi connectivity index (χ2v) is 7.96. The van der Waals surface area contributed by atoms with Gasteiger partial charge < -0.3 is 4.74 Å². The molecule has 0 radical (unpaired) electrons. The third-order valence-corrected chi connectivity index (χ3v) is 6.51. The first-order chi connectivity index (χ1) is 13.3. The predicted molar refractivity (Wildman–Crippen MR) is 105 cm³/mol. The number of rotatable bonds is 4. The van der Waals surface area contributed by atoms with Crippen LogP contribution in [0.25, 0.3) is 25.2 Å². The highest BCUT2D eigenvalue weighted by Gasteiger charge is 2.17. The molecule has 0 aliphatic carbocycles. The largest absolute Gasteiger partial charge is 0.453 e. The molecule has 27 heavy (non-hydrogen) atoms. The molecule has 0 saturated carbocycles. The number of carbonyl (C=O) groups is 1. The second-order valence-electron chi connectivity index (χ2n) is 5.82. The summed E-state index contributed by atoms with van der Waals surface area (Å²) >= 11 is 3.14. The normalized spacial score (nSPS) is 11.3. The minimum atomic E-state index is -0.366. The summed E-state index contributed by atoms with van der Waals surface area (Å²) in [7, 11) is 0. The third kappa shape index (κ3) is 2.88. The highest BCUT2D eigenvalue weighted by Crippen LogP contribution is 2.39. The summed E-state index contributed by atoms with van der Waals surface area (Å²) in [5, 5.41) is 12.8. The minimum absolute atomic E-state index is 0.00697. The summed E-state index contributed by atoms with van der Waals surface area (Å²) in [4.78, 5) is 13.1. The van der Waals surface area contributed by atoms with Gasteiger partial charge in [-0.15, -0.1) is 27.8 Å². The smallest absolute Gasteiger partial charge is 0.348 e. The number of nitrogens with zero attached hydrogens (tertiary/aromatic N) is 4. The van der Waals surface area contributed by atoms with Gasteiger partial charge >= 0.3 is 5.97 Å². The van der Waals surface area contributed by atoms with Gasteiger partial charge in [-0.3, -0.25) is 0 Å². The van der Waals surface area contributed by atoms with E-state index in [-0.39, 0.29) is 12.6 Å². The van der Waals surface area contributed by atoms with E-state index in [1.165, 1.54) is 21.4 Å². The Kier molecular flexibility index (Phi) is 3.92. The number of hydrogen-bond donors (Lipinski definition) is 0. The van der Waals surface area contributed by atoms with Crippen LogP contribution in [0.1, 0.15) is 15.5 Å². The molecule has 0 amide bonds. The van der Waals surface area contributed by atoms with E-state index >= 15 is 0 Å². The van der Waals surface area contributed by atoms with E-state index in [0.29, 0.717) is 10.7 Å². The van der Waals surface area contributed by atoms with Gasteiger partial charge in [-0.1, -0.05) is 36.4 Å². The van der Waals surface area contributed by atoms with Crippen LogP contribution in [0.4, 0.5) is 0 Å². The maximum absolute atomic E-state index is 12.5. The van der Waals surface area contributed by atoms with Crippen LogP contribution >= 0.6 is 22.7 Å². The Hall–Kier alpha value is -3.10. The van der Waals surface area contributed by atoms with Crippen molar-refractivity contribution in [2.75, 3.05) is 0 Å². The molecule has 6 nitrogen and oxygen atoms in total. The van der Waals surface area contributed by atoms with Crippen molar-refractivity contribution >= 4 is 48.1 Å². The van der Waals surface area contributed by atoms with Crippen molar-refractivity contribution in [1.29, 1.82) is 0 Å². The summed E-state index contributed by atoms with van der Waals surface area (Å²) < 4.78 is 10.5. The van der Waals surface area contributed by atoms with Crippen molar-refractivity contribution in [3.8, 4) is 5.69 Å². The van der Waals surface area contributed by atoms with Crippen LogP contribution in [0.15, 0.2) is 60.7 Å². The summed E-state index contributed by atoms with van der Waals surface area (Å²) in [6, 6.07) is 19.6. The first kappa shape index (κ1) is 16.1. The molecule has 0 atom stereocenters. The van der Waals surface area contributed by atoms with Crippen molar-refractivity contribution < 1.29 is 9.53 Å². The van der Waals surface area contributed by atoms with Gasteiger partial charge in [0.2, 0.25) is 0 Å². The summed E-state index contributed by atoms with van der Waals surface area (Å²) in [5.74, 6) is 0.105. The van der Waals surface area contributed by atoms with E-state index in [0.717, 1.165) is 15.1 Å². The zero-order valence-corrected chi connectivity index (χ0v) is 15.5. The van der Waals surface area contributed by atoms with E-state index in [4.69, 9.17) is 4.74 Å². The fourth-order valence-corrected chi connectivity index (χ4v) is 5.29. The van der Waals surface area contributed by atoms with Crippen molar-refractivity contribution in [3.63, 3.8) is 0 Å². The SMILES string of the molecule is O=C(OCc1nnnn1-c1ccccc1)c1cc2sc3ccccc3c2s1. The first-order valence-electron chi connectivity index (χ1n) is 8.20. The Morgan fingerprint density at radius 2 is 1.81 bits per heavy atom. The van der Waals surface area contributed by atoms with Gasteiger partial charge in [0.05, 0.1) is 10.4 Å². The molecule has 0 N–H and O–H groups in total. The number of benzene rings is 2. The maximum atomic E-state index is 12.5. The van der Waals surface area contributed by atoms with E-state index < -0.39 is 0 Å². The van der Waals surface area contributed by atoms with Gasteiger partial charge in [0.1, 0.15) is 4.88 Å². The maximum Gasteiger partial charge on any atom is 0.348 e. The molecule has 0 unspecified atom stereocenters. The number of carbonyl (C=O) groups excluding carboxylic acids is 1. The minimum Gasteiger partial charge on any atom is -0.453 e. The van der Waals surface area contributed by atoms with Crippen molar-refractivity contribution in [2.24, 2.45) is 0 Å². The van der Waals surface area contributed by atoms with Gasteiger partial charge in [0.25, 0.3) is 0 Å².